The molecule has 1 saturated heterocycles. The normalized spacial score (nSPS) is 16.4. The lowest BCUT2D eigenvalue weighted by Crippen LogP contribution is -2.36. The smallest absolute Gasteiger partial charge is 0.257 e. The second-order valence-corrected chi connectivity index (χ2v) is 4.00. The Bertz CT molecular complexity index is 588. The van der Waals surface area contributed by atoms with Crippen molar-refractivity contribution in [1.82, 2.24) is 9.38 Å². The zero-order valence-corrected chi connectivity index (χ0v) is 9.37. The lowest BCUT2D eigenvalue weighted by atomic mass is 10.3. The molecule has 1 fully saturated rings. The van der Waals surface area contributed by atoms with Gasteiger partial charge in [-0.3, -0.25) is 9.20 Å². The quantitative estimate of drug-likeness (QED) is 0.718. The van der Waals surface area contributed by atoms with Crippen molar-refractivity contribution in [3.63, 3.8) is 0 Å². The van der Waals surface area contributed by atoms with Crippen molar-refractivity contribution >= 4 is 11.3 Å². The van der Waals surface area contributed by atoms with Gasteiger partial charge in [-0.05, 0) is 12.1 Å². The zero-order valence-electron chi connectivity index (χ0n) is 9.37. The summed E-state index contributed by atoms with van der Waals surface area (Å²) in [6.45, 7) is 3.20. The largest absolute Gasteiger partial charge is 0.378 e. The Hall–Kier alpha value is -1.88. The van der Waals surface area contributed by atoms with Gasteiger partial charge in [0.1, 0.15) is 5.65 Å². The zero-order chi connectivity index (χ0) is 11.7. The maximum atomic E-state index is 11.7. The minimum Gasteiger partial charge on any atom is -0.378 e. The maximum absolute atomic E-state index is 11.7. The number of fused-ring (bicyclic) bond motifs is 1. The molecule has 5 nitrogen and oxygen atoms in total. The van der Waals surface area contributed by atoms with Gasteiger partial charge in [-0.25, -0.2) is 4.98 Å². The summed E-state index contributed by atoms with van der Waals surface area (Å²) in [4.78, 5) is 18.1. The van der Waals surface area contributed by atoms with Gasteiger partial charge in [0.2, 0.25) is 0 Å². The number of pyridine rings is 1. The molecule has 3 heterocycles. The van der Waals surface area contributed by atoms with Gasteiger partial charge in [0.25, 0.3) is 5.56 Å². The number of ether oxygens (including phenoxy) is 1. The van der Waals surface area contributed by atoms with E-state index in [4.69, 9.17) is 4.74 Å². The third-order valence-electron chi connectivity index (χ3n) is 2.95. The first-order valence-corrected chi connectivity index (χ1v) is 5.65. The maximum Gasteiger partial charge on any atom is 0.257 e. The molecule has 1 aliphatic rings. The van der Waals surface area contributed by atoms with E-state index in [9.17, 15) is 4.79 Å². The molecule has 0 bridgehead atoms. The molecule has 1 aliphatic heterocycles. The number of rotatable bonds is 1. The molecule has 0 unspecified atom stereocenters. The summed E-state index contributed by atoms with van der Waals surface area (Å²) in [6, 6.07) is 5.33. The van der Waals surface area contributed by atoms with E-state index in [0.717, 1.165) is 32.0 Å². The van der Waals surface area contributed by atoms with Gasteiger partial charge in [0.15, 0.2) is 0 Å². The van der Waals surface area contributed by atoms with Crippen molar-refractivity contribution < 1.29 is 4.74 Å². The molecule has 0 amide bonds. The van der Waals surface area contributed by atoms with Crippen LogP contribution < -0.4 is 10.5 Å². The topological polar surface area (TPSA) is 46.8 Å². The van der Waals surface area contributed by atoms with Crippen molar-refractivity contribution in [1.29, 1.82) is 0 Å². The van der Waals surface area contributed by atoms with Crippen molar-refractivity contribution in [3.8, 4) is 0 Å². The van der Waals surface area contributed by atoms with Crippen LogP contribution in [0.25, 0.3) is 5.65 Å². The highest BCUT2D eigenvalue weighted by atomic mass is 16.5. The average Bonchev–Trinajstić information content (AvgIpc) is 2.40. The number of hydrogen-bond acceptors (Lipinski definition) is 4. The molecule has 0 N–H and O–H groups in total. The predicted octanol–water partition coefficient (Wildman–Crippen LogP) is 0.531. The minimum absolute atomic E-state index is 0.0508. The first-order chi connectivity index (χ1) is 8.34. The Morgan fingerprint density at radius 2 is 2.00 bits per heavy atom. The summed E-state index contributed by atoms with van der Waals surface area (Å²) < 4.78 is 6.88. The molecule has 0 spiro atoms. The van der Waals surface area contributed by atoms with Gasteiger partial charge < -0.3 is 9.64 Å². The van der Waals surface area contributed by atoms with Crippen molar-refractivity contribution in [3.05, 3.63) is 40.9 Å². The van der Waals surface area contributed by atoms with E-state index in [1.807, 2.05) is 18.3 Å². The van der Waals surface area contributed by atoms with E-state index in [1.165, 1.54) is 12.3 Å². The van der Waals surface area contributed by atoms with Crippen molar-refractivity contribution in [2.45, 2.75) is 0 Å². The summed E-state index contributed by atoms with van der Waals surface area (Å²) in [7, 11) is 0. The van der Waals surface area contributed by atoms with Gasteiger partial charge in [0, 0.05) is 31.5 Å². The fourth-order valence-corrected chi connectivity index (χ4v) is 2.03. The van der Waals surface area contributed by atoms with Crippen LogP contribution >= 0.6 is 0 Å². The van der Waals surface area contributed by atoms with Crippen LogP contribution in [0.5, 0.6) is 0 Å². The van der Waals surface area contributed by atoms with E-state index in [0.29, 0.717) is 5.65 Å². The van der Waals surface area contributed by atoms with Crippen LogP contribution in [-0.2, 0) is 4.74 Å². The Morgan fingerprint density at radius 1 is 1.18 bits per heavy atom. The third kappa shape index (κ3) is 1.89. The number of anilines is 1. The molecule has 17 heavy (non-hydrogen) atoms. The van der Waals surface area contributed by atoms with Crippen LogP contribution in [0, 0.1) is 0 Å². The fraction of sp³-hybridized carbons (Fsp3) is 0.333. The van der Waals surface area contributed by atoms with Crippen molar-refractivity contribution in [2.75, 3.05) is 31.2 Å². The van der Waals surface area contributed by atoms with E-state index in [-0.39, 0.29) is 5.56 Å². The minimum atomic E-state index is -0.0508. The standard InChI is InChI=1S/C12H13N3O2/c16-12-3-4-13-11-2-1-10(9-15(11)12)14-5-7-17-8-6-14/h1-4,9H,5-8H2. The van der Waals surface area contributed by atoms with E-state index >= 15 is 0 Å². The Balaban J connectivity index is 2.06. The predicted molar refractivity (Wildman–Crippen MR) is 64.5 cm³/mol. The molecule has 5 heteroatoms. The lowest BCUT2D eigenvalue weighted by Gasteiger charge is -2.28. The Labute approximate surface area is 98.3 Å². The summed E-state index contributed by atoms with van der Waals surface area (Å²) in [5, 5.41) is 0. The van der Waals surface area contributed by atoms with Gasteiger partial charge in [-0.15, -0.1) is 0 Å². The Kier molecular flexibility index (Phi) is 2.53. The van der Waals surface area contributed by atoms with Crippen LogP contribution in [0.1, 0.15) is 0 Å². The van der Waals surface area contributed by atoms with Crippen LogP contribution in [-0.4, -0.2) is 35.7 Å². The summed E-state index contributed by atoms with van der Waals surface area (Å²) in [5.74, 6) is 0. The van der Waals surface area contributed by atoms with Crippen molar-refractivity contribution in [2.24, 2.45) is 0 Å². The second-order valence-electron chi connectivity index (χ2n) is 4.00. The molecular formula is C12H13N3O2. The third-order valence-corrected chi connectivity index (χ3v) is 2.95. The molecule has 2 aromatic heterocycles. The molecule has 0 atom stereocenters. The first kappa shape index (κ1) is 10.3. The van der Waals surface area contributed by atoms with Gasteiger partial charge in [0.05, 0.1) is 18.9 Å². The first-order valence-electron chi connectivity index (χ1n) is 5.65. The highest BCUT2D eigenvalue weighted by molar-refractivity contribution is 5.51. The number of hydrogen-bond donors (Lipinski definition) is 0. The Morgan fingerprint density at radius 3 is 2.82 bits per heavy atom. The highest BCUT2D eigenvalue weighted by Crippen LogP contribution is 2.15. The monoisotopic (exact) mass is 231 g/mol. The molecular weight excluding hydrogens is 218 g/mol. The second kappa shape index (κ2) is 4.18. The fourth-order valence-electron chi connectivity index (χ4n) is 2.03. The number of morpholine rings is 1. The van der Waals surface area contributed by atoms with Crippen LogP contribution in [0.2, 0.25) is 0 Å². The number of aromatic nitrogens is 2. The lowest BCUT2D eigenvalue weighted by molar-refractivity contribution is 0.122. The van der Waals surface area contributed by atoms with Gasteiger partial charge >= 0.3 is 0 Å². The summed E-state index contributed by atoms with van der Waals surface area (Å²) in [5.41, 5.74) is 1.66. The summed E-state index contributed by atoms with van der Waals surface area (Å²) in [6.07, 6.45) is 3.38. The van der Waals surface area contributed by atoms with E-state index in [2.05, 4.69) is 9.88 Å². The molecule has 2 aromatic rings. The molecule has 88 valence electrons. The van der Waals surface area contributed by atoms with Crippen LogP contribution in [0.4, 0.5) is 5.69 Å². The van der Waals surface area contributed by atoms with Gasteiger partial charge in [-0.1, -0.05) is 0 Å². The van der Waals surface area contributed by atoms with E-state index in [1.54, 1.807) is 4.40 Å². The average molecular weight is 231 g/mol. The molecule has 0 aliphatic carbocycles. The van der Waals surface area contributed by atoms with Crippen LogP contribution in [0.3, 0.4) is 0 Å². The SMILES string of the molecule is O=c1ccnc2ccc(N3CCOCC3)cn12. The van der Waals surface area contributed by atoms with E-state index < -0.39 is 0 Å². The molecule has 0 saturated carbocycles. The highest BCUT2D eigenvalue weighted by Gasteiger charge is 2.11. The molecule has 0 aromatic carbocycles. The molecule has 3 rings (SSSR count). The summed E-state index contributed by atoms with van der Waals surface area (Å²) >= 11 is 0. The number of nitrogens with zero attached hydrogens (tertiary/aromatic N) is 3. The molecule has 0 radical (unpaired) electrons. The van der Waals surface area contributed by atoms with Gasteiger partial charge in [-0.2, -0.15) is 0 Å². The van der Waals surface area contributed by atoms with Crippen LogP contribution in [0.15, 0.2) is 35.4 Å².